The fourth-order valence-corrected chi connectivity index (χ4v) is 4.65. The molecule has 6 heteroatoms. The number of para-hydroxylation sites is 1. The average Bonchev–Trinajstić information content (AvgIpc) is 2.85. The van der Waals surface area contributed by atoms with Crippen LogP contribution < -0.4 is 10.1 Å². The van der Waals surface area contributed by atoms with Crippen LogP contribution in [0.25, 0.3) is 0 Å². The van der Waals surface area contributed by atoms with Crippen molar-refractivity contribution >= 4 is 15.7 Å². The Morgan fingerprint density at radius 1 is 1.33 bits per heavy atom. The van der Waals surface area contributed by atoms with Crippen molar-refractivity contribution in [2.24, 2.45) is 11.8 Å². The van der Waals surface area contributed by atoms with Crippen LogP contribution in [-0.2, 0) is 21.1 Å². The Bertz CT molecular complexity index is 641. The zero-order valence-electron chi connectivity index (χ0n) is 11.7. The zero-order valence-corrected chi connectivity index (χ0v) is 12.6. The van der Waals surface area contributed by atoms with E-state index < -0.39 is 9.84 Å². The van der Waals surface area contributed by atoms with Gasteiger partial charge in [0.25, 0.3) is 0 Å². The Balaban J connectivity index is 1.51. The number of rotatable bonds is 3. The van der Waals surface area contributed by atoms with Gasteiger partial charge in [0.2, 0.25) is 5.91 Å². The van der Waals surface area contributed by atoms with Crippen molar-refractivity contribution in [2.75, 3.05) is 24.7 Å². The molecule has 114 valence electrons. The first-order valence-corrected chi connectivity index (χ1v) is 9.04. The molecule has 0 radical (unpaired) electrons. The molecule has 0 spiro atoms. The SMILES string of the molecule is O=C(NCC1COc2ccccc2C1)C1CCS(=O)(=O)C1. The summed E-state index contributed by atoms with van der Waals surface area (Å²) in [5, 5.41) is 2.88. The second-order valence-electron chi connectivity index (χ2n) is 5.83. The molecule has 2 unspecified atom stereocenters. The standard InChI is InChI=1S/C15H19NO4S/c17-15(13-5-6-21(18,19)10-13)16-8-11-7-12-3-1-2-4-14(12)20-9-11/h1-4,11,13H,5-10H2,(H,16,17). The number of amides is 1. The average molecular weight is 309 g/mol. The predicted molar refractivity (Wildman–Crippen MR) is 78.9 cm³/mol. The van der Waals surface area contributed by atoms with Crippen LogP contribution in [-0.4, -0.2) is 39.0 Å². The molecule has 0 aliphatic carbocycles. The second kappa shape index (κ2) is 5.67. The summed E-state index contributed by atoms with van der Waals surface area (Å²) in [6, 6.07) is 7.91. The van der Waals surface area contributed by atoms with Crippen molar-refractivity contribution in [3.05, 3.63) is 29.8 Å². The van der Waals surface area contributed by atoms with Gasteiger partial charge >= 0.3 is 0 Å². The fraction of sp³-hybridized carbons (Fsp3) is 0.533. The van der Waals surface area contributed by atoms with Gasteiger partial charge in [0.15, 0.2) is 9.84 Å². The van der Waals surface area contributed by atoms with E-state index in [1.165, 1.54) is 0 Å². The quantitative estimate of drug-likeness (QED) is 0.896. The van der Waals surface area contributed by atoms with Crippen LogP contribution in [0.4, 0.5) is 0 Å². The van der Waals surface area contributed by atoms with Crippen LogP contribution in [0.1, 0.15) is 12.0 Å². The molecule has 1 amide bonds. The lowest BCUT2D eigenvalue weighted by Crippen LogP contribution is -2.38. The Morgan fingerprint density at radius 3 is 2.90 bits per heavy atom. The highest BCUT2D eigenvalue weighted by atomic mass is 32.2. The van der Waals surface area contributed by atoms with E-state index in [1.54, 1.807) is 0 Å². The summed E-state index contributed by atoms with van der Waals surface area (Å²) in [5.74, 6) is 0.749. The molecule has 2 atom stereocenters. The van der Waals surface area contributed by atoms with E-state index in [9.17, 15) is 13.2 Å². The molecule has 1 fully saturated rings. The fourth-order valence-electron chi connectivity index (χ4n) is 2.91. The molecule has 1 aromatic rings. The van der Waals surface area contributed by atoms with Crippen LogP contribution in [0.15, 0.2) is 24.3 Å². The normalized spacial score (nSPS) is 26.7. The van der Waals surface area contributed by atoms with Gasteiger partial charge in [-0.2, -0.15) is 0 Å². The van der Waals surface area contributed by atoms with Crippen LogP contribution in [0.5, 0.6) is 5.75 Å². The van der Waals surface area contributed by atoms with Crippen LogP contribution >= 0.6 is 0 Å². The summed E-state index contributed by atoms with van der Waals surface area (Å²) in [4.78, 5) is 12.0. The molecule has 5 nitrogen and oxygen atoms in total. The highest BCUT2D eigenvalue weighted by molar-refractivity contribution is 7.91. The van der Waals surface area contributed by atoms with Gasteiger partial charge in [-0.3, -0.25) is 4.79 Å². The first-order valence-electron chi connectivity index (χ1n) is 7.22. The van der Waals surface area contributed by atoms with Crippen molar-refractivity contribution in [1.82, 2.24) is 5.32 Å². The van der Waals surface area contributed by atoms with Gasteiger partial charge in [0, 0.05) is 12.5 Å². The molecule has 3 rings (SSSR count). The predicted octanol–water partition coefficient (Wildman–Crippen LogP) is 0.789. The third-order valence-corrected chi connectivity index (χ3v) is 5.89. The van der Waals surface area contributed by atoms with Gasteiger partial charge in [0.05, 0.1) is 24.0 Å². The number of ether oxygens (including phenoxy) is 1. The van der Waals surface area contributed by atoms with Gasteiger partial charge in [-0.05, 0) is 24.5 Å². The topological polar surface area (TPSA) is 72.5 Å². The maximum absolute atomic E-state index is 12.0. The van der Waals surface area contributed by atoms with Crippen molar-refractivity contribution in [2.45, 2.75) is 12.8 Å². The molecule has 1 aromatic carbocycles. The van der Waals surface area contributed by atoms with Crippen molar-refractivity contribution < 1.29 is 17.9 Å². The Kier molecular flexibility index (Phi) is 3.89. The molecule has 0 saturated carbocycles. The van der Waals surface area contributed by atoms with E-state index in [2.05, 4.69) is 5.32 Å². The Labute approximate surface area is 124 Å². The first kappa shape index (κ1) is 14.4. The minimum atomic E-state index is -3.01. The minimum Gasteiger partial charge on any atom is -0.493 e. The molecule has 2 aliphatic heterocycles. The number of sulfone groups is 1. The summed E-state index contributed by atoms with van der Waals surface area (Å²) in [5.41, 5.74) is 1.16. The molecule has 2 heterocycles. The zero-order chi connectivity index (χ0) is 14.9. The highest BCUT2D eigenvalue weighted by Crippen LogP contribution is 2.26. The first-order chi connectivity index (χ1) is 10.0. The van der Waals surface area contributed by atoms with Gasteiger partial charge < -0.3 is 10.1 Å². The number of hydrogen-bond donors (Lipinski definition) is 1. The highest BCUT2D eigenvalue weighted by Gasteiger charge is 2.33. The van der Waals surface area contributed by atoms with Crippen molar-refractivity contribution in [3.63, 3.8) is 0 Å². The molecule has 0 aromatic heterocycles. The van der Waals surface area contributed by atoms with Gasteiger partial charge in [-0.1, -0.05) is 18.2 Å². The lowest BCUT2D eigenvalue weighted by Gasteiger charge is -2.25. The molecule has 0 bridgehead atoms. The summed E-state index contributed by atoms with van der Waals surface area (Å²) in [7, 11) is -3.01. The summed E-state index contributed by atoms with van der Waals surface area (Å²) in [6.45, 7) is 1.12. The molecule has 2 aliphatic rings. The summed E-state index contributed by atoms with van der Waals surface area (Å²) in [6.07, 6.45) is 1.32. The summed E-state index contributed by atoms with van der Waals surface area (Å²) < 4.78 is 28.5. The Morgan fingerprint density at radius 2 is 2.14 bits per heavy atom. The number of benzene rings is 1. The lowest BCUT2D eigenvalue weighted by atomic mass is 9.96. The smallest absolute Gasteiger partial charge is 0.224 e. The lowest BCUT2D eigenvalue weighted by molar-refractivity contribution is -0.124. The van der Waals surface area contributed by atoms with Gasteiger partial charge in [-0.15, -0.1) is 0 Å². The van der Waals surface area contributed by atoms with Gasteiger partial charge in [0.1, 0.15) is 5.75 Å². The molecular formula is C15H19NO4S. The maximum atomic E-state index is 12.0. The van der Waals surface area contributed by atoms with Gasteiger partial charge in [-0.25, -0.2) is 8.42 Å². The molecule has 21 heavy (non-hydrogen) atoms. The Hall–Kier alpha value is -1.56. The molecule has 1 saturated heterocycles. The summed E-state index contributed by atoms with van der Waals surface area (Å²) >= 11 is 0. The number of fused-ring (bicyclic) bond motifs is 1. The van der Waals surface area contributed by atoms with E-state index in [4.69, 9.17) is 4.74 Å². The maximum Gasteiger partial charge on any atom is 0.224 e. The number of carbonyl (C=O) groups excluding carboxylic acids is 1. The molecule has 1 N–H and O–H groups in total. The van der Waals surface area contributed by atoms with Crippen LogP contribution in [0.2, 0.25) is 0 Å². The van der Waals surface area contributed by atoms with E-state index in [0.717, 1.165) is 17.7 Å². The minimum absolute atomic E-state index is 0.0111. The monoisotopic (exact) mass is 309 g/mol. The van der Waals surface area contributed by atoms with E-state index >= 15 is 0 Å². The van der Waals surface area contributed by atoms with Crippen LogP contribution in [0, 0.1) is 11.8 Å². The van der Waals surface area contributed by atoms with E-state index in [0.29, 0.717) is 19.6 Å². The number of hydrogen-bond acceptors (Lipinski definition) is 4. The number of carbonyl (C=O) groups is 1. The van der Waals surface area contributed by atoms with E-state index in [-0.39, 0.29) is 29.2 Å². The third-order valence-electron chi connectivity index (χ3n) is 4.12. The number of nitrogens with one attached hydrogen (secondary N) is 1. The van der Waals surface area contributed by atoms with Crippen molar-refractivity contribution in [1.29, 1.82) is 0 Å². The molecular weight excluding hydrogens is 290 g/mol. The van der Waals surface area contributed by atoms with E-state index in [1.807, 2.05) is 24.3 Å². The second-order valence-corrected chi connectivity index (χ2v) is 8.06. The van der Waals surface area contributed by atoms with Crippen LogP contribution in [0.3, 0.4) is 0 Å². The third kappa shape index (κ3) is 3.37. The largest absolute Gasteiger partial charge is 0.493 e. The van der Waals surface area contributed by atoms with Crippen molar-refractivity contribution in [3.8, 4) is 5.75 Å².